The molecule has 6 rings (SSSR count). The maximum Gasteiger partial charge on any atom is 0.198 e. The molecular weight excluding hydrogens is 655 g/mol. The van der Waals surface area contributed by atoms with E-state index in [2.05, 4.69) is 34.4 Å². The van der Waals surface area contributed by atoms with Gasteiger partial charge in [0.1, 0.15) is 6.17 Å². The molecule has 1 aliphatic heterocycles. The number of likely N-dealkylation sites (tertiary alicyclic amines) is 1. The first-order chi connectivity index (χ1) is 18.4. The first kappa shape index (κ1) is 28.3. The summed E-state index contributed by atoms with van der Waals surface area (Å²) < 4.78 is 34.0. The molecular formula is C30H33ClF2INO3S. The largest absolute Gasteiger partial charge is 0.390 e. The van der Waals surface area contributed by atoms with Crippen LogP contribution in [0.25, 0.3) is 0 Å². The molecule has 5 aliphatic rings. The maximum absolute atomic E-state index is 17.6. The summed E-state index contributed by atoms with van der Waals surface area (Å²) in [5, 5.41) is 12.5. The molecule has 1 heterocycles. The Morgan fingerprint density at radius 1 is 1.28 bits per heavy atom. The van der Waals surface area contributed by atoms with Crippen molar-refractivity contribution in [2.24, 2.45) is 34.0 Å². The number of carbonyl (C=O) groups is 2. The van der Waals surface area contributed by atoms with Crippen molar-refractivity contribution in [3.05, 3.63) is 58.7 Å². The molecule has 0 aromatic heterocycles. The van der Waals surface area contributed by atoms with E-state index in [1.807, 2.05) is 24.3 Å². The Kier molecular flexibility index (Phi) is 6.98. The van der Waals surface area contributed by atoms with Crippen LogP contribution in [0.5, 0.6) is 0 Å². The molecule has 0 spiro atoms. The smallest absolute Gasteiger partial charge is 0.198 e. The van der Waals surface area contributed by atoms with Crippen LogP contribution in [0.15, 0.2) is 48.1 Å². The Morgan fingerprint density at radius 2 is 2.05 bits per heavy atom. The Morgan fingerprint density at radius 3 is 2.77 bits per heavy atom. The third-order valence-corrected chi connectivity index (χ3v) is 13.0. The minimum Gasteiger partial charge on any atom is -0.390 e. The normalized spacial score (nSPS) is 44.8. The number of thioether (sulfide) groups is 1. The summed E-state index contributed by atoms with van der Waals surface area (Å²) in [6.45, 7) is 5.54. The zero-order chi connectivity index (χ0) is 28.0. The predicted molar refractivity (Wildman–Crippen MR) is 158 cm³/mol. The maximum atomic E-state index is 17.6. The van der Waals surface area contributed by atoms with Crippen LogP contribution < -0.4 is 0 Å². The number of halogens is 4. The molecule has 4 fully saturated rings. The van der Waals surface area contributed by atoms with Crippen molar-refractivity contribution < 1.29 is 23.5 Å². The van der Waals surface area contributed by atoms with E-state index in [0.717, 1.165) is 5.56 Å². The molecule has 9 heteroatoms. The number of alkyl halides is 3. The molecule has 1 aromatic carbocycles. The number of nitrogens with zero attached hydrogens (tertiary/aromatic N) is 1. The SMILES string of the molecule is C[C@]12C=CC(=O)C=C1[C@@H](F)C[C@H]1[C@@H]3C[C@H]4CN(Cc5cccc(Cl)c5)C[C@@]4(C(=O)SCI)[C@@]3(C)C[C@H](O)[C@@]12F. The van der Waals surface area contributed by atoms with E-state index in [9.17, 15) is 14.7 Å². The molecule has 3 saturated carbocycles. The number of fused-ring (bicyclic) bond motifs is 7. The Labute approximate surface area is 251 Å². The minimum absolute atomic E-state index is 0.0181. The predicted octanol–water partition coefficient (Wildman–Crippen LogP) is 6.34. The van der Waals surface area contributed by atoms with Gasteiger partial charge in [0.25, 0.3) is 0 Å². The summed E-state index contributed by atoms with van der Waals surface area (Å²) in [6.07, 6.45) is 1.80. The van der Waals surface area contributed by atoms with Crippen LogP contribution in [-0.4, -0.2) is 55.7 Å². The number of carbonyl (C=O) groups excluding carboxylic acids is 2. The van der Waals surface area contributed by atoms with Gasteiger partial charge in [0.2, 0.25) is 0 Å². The van der Waals surface area contributed by atoms with Crippen molar-refractivity contribution in [1.82, 2.24) is 4.90 Å². The standard InChI is InChI=1S/C30H33ClF2INO3S/c1-27-7-6-20(36)10-23(27)24(32)11-22-21-9-18-14-35(13-17-4-3-5-19(31)8-17)15-29(18,26(38)39-16-34)28(21,2)12-25(37)30(22,27)33/h3-8,10,18,21-22,24-25,37H,9,11-16H2,1-2H3/t18-,21-,22-,24-,25-,27-,28-,29+,30-/m0/s1. The molecule has 9 atom stereocenters. The van der Waals surface area contributed by atoms with Crippen LogP contribution in [-0.2, 0) is 16.1 Å². The lowest BCUT2D eigenvalue weighted by Gasteiger charge is -2.63. The average molecular weight is 688 g/mol. The number of ketones is 1. The van der Waals surface area contributed by atoms with Crippen LogP contribution in [0, 0.1) is 34.0 Å². The van der Waals surface area contributed by atoms with E-state index in [4.69, 9.17) is 11.6 Å². The van der Waals surface area contributed by atoms with Gasteiger partial charge in [-0.1, -0.05) is 71.1 Å². The van der Waals surface area contributed by atoms with Gasteiger partial charge in [0, 0.05) is 36.0 Å². The highest BCUT2D eigenvalue weighted by atomic mass is 127. The summed E-state index contributed by atoms with van der Waals surface area (Å²) in [4.78, 5) is 28.5. The fourth-order valence-electron chi connectivity index (χ4n) is 9.40. The fourth-order valence-corrected chi connectivity index (χ4v) is 11.3. The van der Waals surface area contributed by atoms with E-state index in [0.29, 0.717) is 34.8 Å². The minimum atomic E-state index is -2.12. The van der Waals surface area contributed by atoms with Gasteiger partial charge in [0.05, 0.1) is 15.3 Å². The summed E-state index contributed by atoms with van der Waals surface area (Å²) in [7, 11) is 0. The zero-order valence-corrected chi connectivity index (χ0v) is 25.7. The number of benzene rings is 1. The lowest BCUT2D eigenvalue weighted by molar-refractivity contribution is -0.210. The second-order valence-electron chi connectivity index (χ2n) is 12.6. The summed E-state index contributed by atoms with van der Waals surface area (Å²) >= 11 is 9.73. The highest BCUT2D eigenvalue weighted by Gasteiger charge is 2.78. The van der Waals surface area contributed by atoms with Crippen LogP contribution in [0.4, 0.5) is 8.78 Å². The number of rotatable bonds is 4. The summed E-state index contributed by atoms with van der Waals surface area (Å²) in [5.74, 6) is -1.39. The van der Waals surface area contributed by atoms with E-state index < -0.39 is 40.1 Å². The molecule has 1 N–H and O–H groups in total. The van der Waals surface area contributed by atoms with E-state index in [1.54, 1.807) is 6.92 Å². The van der Waals surface area contributed by atoms with Gasteiger partial charge < -0.3 is 5.11 Å². The highest BCUT2D eigenvalue weighted by Crippen LogP contribution is 2.75. The Hall–Kier alpha value is -0.810. The molecule has 39 heavy (non-hydrogen) atoms. The van der Waals surface area contributed by atoms with Crippen molar-refractivity contribution in [3.63, 3.8) is 0 Å². The number of hydrogen-bond acceptors (Lipinski definition) is 5. The number of aliphatic hydroxyl groups excluding tert-OH is 1. The summed E-state index contributed by atoms with van der Waals surface area (Å²) in [6, 6.07) is 7.72. The topological polar surface area (TPSA) is 57.6 Å². The average Bonchev–Trinajstić information content (AvgIpc) is 3.35. The molecule has 4 nitrogen and oxygen atoms in total. The van der Waals surface area contributed by atoms with E-state index in [-0.39, 0.29) is 41.1 Å². The first-order valence-electron chi connectivity index (χ1n) is 13.6. The molecule has 4 aliphatic carbocycles. The third kappa shape index (κ3) is 3.79. The first-order valence-corrected chi connectivity index (χ1v) is 16.5. The molecule has 0 unspecified atom stereocenters. The summed E-state index contributed by atoms with van der Waals surface area (Å²) in [5.41, 5.74) is -3.79. The molecule has 0 bridgehead atoms. The van der Waals surface area contributed by atoms with Gasteiger partial charge >= 0.3 is 0 Å². The zero-order valence-electron chi connectivity index (χ0n) is 22.0. The third-order valence-electron chi connectivity index (χ3n) is 11.1. The lowest BCUT2D eigenvalue weighted by atomic mass is 9.43. The highest BCUT2D eigenvalue weighted by molar-refractivity contribution is 14.1. The Balaban J connectivity index is 1.40. The van der Waals surface area contributed by atoms with Crippen LogP contribution in [0.2, 0.25) is 5.02 Å². The second kappa shape index (κ2) is 9.61. The van der Waals surface area contributed by atoms with Crippen LogP contribution >= 0.6 is 46.0 Å². The van der Waals surface area contributed by atoms with Crippen molar-refractivity contribution in [2.45, 2.75) is 57.6 Å². The molecule has 0 radical (unpaired) electrons. The molecule has 0 amide bonds. The molecule has 210 valence electrons. The number of aliphatic hydroxyl groups is 1. The molecule has 1 aromatic rings. The van der Waals surface area contributed by atoms with Crippen molar-refractivity contribution in [3.8, 4) is 0 Å². The van der Waals surface area contributed by atoms with Gasteiger partial charge in [-0.3, -0.25) is 14.5 Å². The van der Waals surface area contributed by atoms with Gasteiger partial charge in [-0.15, -0.1) is 0 Å². The van der Waals surface area contributed by atoms with Crippen LogP contribution in [0.3, 0.4) is 0 Å². The fraction of sp³-hybridized carbons (Fsp3) is 0.600. The van der Waals surface area contributed by atoms with Gasteiger partial charge in [-0.25, -0.2) is 8.78 Å². The number of hydrogen-bond donors (Lipinski definition) is 1. The van der Waals surface area contributed by atoms with Crippen molar-refractivity contribution >= 4 is 56.9 Å². The number of allylic oxidation sites excluding steroid dienone is 4. The van der Waals surface area contributed by atoms with Gasteiger partial charge in [-0.05, 0) is 78.9 Å². The van der Waals surface area contributed by atoms with Crippen molar-refractivity contribution in [2.75, 3.05) is 16.8 Å². The molecule has 1 saturated heterocycles. The van der Waals surface area contributed by atoms with Crippen LogP contribution in [0.1, 0.15) is 38.7 Å². The second-order valence-corrected chi connectivity index (χ2v) is 15.8. The quantitative estimate of drug-likeness (QED) is 0.296. The van der Waals surface area contributed by atoms with Gasteiger partial charge in [-0.2, -0.15) is 0 Å². The monoisotopic (exact) mass is 687 g/mol. The van der Waals surface area contributed by atoms with E-state index >= 15 is 8.78 Å². The van der Waals surface area contributed by atoms with Gasteiger partial charge in [0.15, 0.2) is 16.6 Å². The lowest BCUT2D eigenvalue weighted by Crippen LogP contribution is -2.69. The van der Waals surface area contributed by atoms with E-state index in [1.165, 1.54) is 30.0 Å². The van der Waals surface area contributed by atoms with Crippen molar-refractivity contribution in [1.29, 1.82) is 0 Å². The Bertz CT molecular complexity index is 1290.